The molecule has 0 unspecified atom stereocenters. The minimum absolute atomic E-state index is 0. The molecule has 2 amide bonds. The molecule has 132 valence electrons. The molecule has 0 bridgehead atoms. The van der Waals surface area contributed by atoms with Crippen LogP contribution in [0.4, 0.5) is 0 Å². The van der Waals surface area contributed by atoms with Gasteiger partial charge in [0, 0.05) is 12.1 Å². The van der Waals surface area contributed by atoms with E-state index in [1.807, 2.05) is 21.5 Å². The summed E-state index contributed by atoms with van der Waals surface area (Å²) in [5.41, 5.74) is 11.5. The number of rotatable bonds is 6. The summed E-state index contributed by atoms with van der Waals surface area (Å²) in [6.45, 7) is 1.49. The summed E-state index contributed by atoms with van der Waals surface area (Å²) >= 11 is 0. The van der Waals surface area contributed by atoms with Crippen LogP contribution in [0.2, 0.25) is 0 Å². The first kappa shape index (κ1) is 24.4. The van der Waals surface area contributed by atoms with E-state index < -0.39 is 11.8 Å². The summed E-state index contributed by atoms with van der Waals surface area (Å²) in [6.07, 6.45) is 8.08. The maximum Gasteiger partial charge on any atom is 0.254 e. The molecular weight excluding hydrogens is 444 g/mol. The predicted molar refractivity (Wildman–Crippen MR) is 78.5 cm³/mol. The van der Waals surface area contributed by atoms with E-state index >= 15 is 0 Å². The van der Waals surface area contributed by atoms with Gasteiger partial charge in [0.2, 0.25) is 0 Å². The topological polar surface area (TPSA) is 125 Å². The second kappa shape index (κ2) is 11.7. The van der Waals surface area contributed by atoms with Crippen molar-refractivity contribution in [2.45, 2.75) is 19.5 Å². The maximum absolute atomic E-state index is 11.1. The molecule has 2 rings (SSSR count). The smallest absolute Gasteiger partial charge is 0.254 e. The van der Waals surface area contributed by atoms with E-state index in [-0.39, 0.29) is 39.4 Å². The number of primary amides is 2. The third kappa shape index (κ3) is 7.16. The number of carbonyl (C=O) groups is 2. The Morgan fingerprint density at radius 1 is 0.833 bits per heavy atom. The van der Waals surface area contributed by atoms with Crippen molar-refractivity contribution in [3.05, 3.63) is 60.2 Å². The van der Waals surface area contributed by atoms with Gasteiger partial charge in [-0.05, 0) is 12.1 Å². The van der Waals surface area contributed by atoms with E-state index in [4.69, 9.17) is 11.5 Å². The van der Waals surface area contributed by atoms with Gasteiger partial charge in [-0.1, -0.05) is 0 Å². The number of aromatic nitrogens is 2. The zero-order valence-electron chi connectivity index (χ0n) is 12.9. The molecule has 6 N–H and O–H groups in total. The van der Waals surface area contributed by atoms with Crippen LogP contribution in [0.3, 0.4) is 0 Å². The predicted octanol–water partition coefficient (Wildman–Crippen LogP) is -7.27. The number of amides is 2. The maximum atomic E-state index is 11.1. The second-order valence-corrected chi connectivity index (χ2v) is 4.74. The lowest BCUT2D eigenvalue weighted by Gasteiger charge is -1.99. The van der Waals surface area contributed by atoms with Crippen molar-refractivity contribution >= 4 is 11.8 Å². The summed E-state index contributed by atoms with van der Waals surface area (Å²) in [5.74, 6) is -0.874. The van der Waals surface area contributed by atoms with Gasteiger partial charge >= 0.3 is 0 Å². The first-order valence-electron chi connectivity index (χ1n) is 6.64. The average Bonchev–Trinajstić information content (AvgIpc) is 2.48. The van der Waals surface area contributed by atoms with Gasteiger partial charge in [-0.25, -0.2) is 9.13 Å². The molecule has 2 aromatic heterocycles. The highest BCUT2D eigenvalue weighted by atomic mass is 79.9. The third-order valence-corrected chi connectivity index (χ3v) is 3.12. The summed E-state index contributed by atoms with van der Waals surface area (Å²) < 4.78 is 3.83. The number of nitrogens with two attached hydrogens (primary N) is 2. The molecule has 0 saturated heterocycles. The standard InChI is InChI=1S/C15H16N4O2.2BrH.H2O/c16-14(20)12-4-1-6-18(10-12)8-3-9-19-7-2-5-13(11-19)15(17)21;;;/h1-2,4-7,10-11H,3,8-9H2,(H2-2,16,17,20,21);2*1H;1H2. The summed E-state index contributed by atoms with van der Waals surface area (Å²) in [6, 6.07) is 6.95. The Kier molecular flexibility index (Phi) is 11.9. The molecule has 0 radical (unpaired) electrons. The molecule has 0 atom stereocenters. The minimum Gasteiger partial charge on any atom is -1.00 e. The average molecular weight is 464 g/mol. The Balaban J connectivity index is 0. The first-order valence-corrected chi connectivity index (χ1v) is 6.64. The van der Waals surface area contributed by atoms with E-state index in [0.717, 1.165) is 19.5 Å². The van der Waals surface area contributed by atoms with E-state index in [9.17, 15) is 9.59 Å². The first-order chi connectivity index (χ1) is 10.1. The molecule has 2 aromatic rings. The molecule has 0 saturated carbocycles. The third-order valence-electron chi connectivity index (χ3n) is 3.12. The van der Waals surface area contributed by atoms with Crippen molar-refractivity contribution in [2.75, 3.05) is 0 Å². The highest BCUT2D eigenvalue weighted by molar-refractivity contribution is 5.92. The van der Waals surface area contributed by atoms with Crippen LogP contribution < -0.4 is 54.6 Å². The second-order valence-electron chi connectivity index (χ2n) is 4.74. The van der Waals surface area contributed by atoms with E-state index in [1.54, 1.807) is 36.7 Å². The Labute approximate surface area is 161 Å². The number of hydrogen-bond acceptors (Lipinski definition) is 2. The van der Waals surface area contributed by atoms with Crippen molar-refractivity contribution in [3.63, 3.8) is 0 Å². The van der Waals surface area contributed by atoms with Gasteiger partial charge in [-0.3, -0.25) is 9.59 Å². The highest BCUT2D eigenvalue weighted by Gasteiger charge is 2.10. The zero-order chi connectivity index (χ0) is 15.2. The van der Waals surface area contributed by atoms with Crippen LogP contribution in [0, 0.1) is 0 Å². The minimum atomic E-state index is -0.437. The molecule has 0 fully saturated rings. The van der Waals surface area contributed by atoms with Crippen LogP contribution in [-0.2, 0) is 13.1 Å². The van der Waals surface area contributed by atoms with Crippen molar-refractivity contribution in [3.8, 4) is 0 Å². The number of nitrogens with zero attached hydrogens (tertiary/aromatic N) is 2. The normalized spacial score (nSPS) is 9.00. The molecule has 0 aliphatic rings. The summed E-state index contributed by atoms with van der Waals surface area (Å²) in [5, 5.41) is 0. The fourth-order valence-corrected chi connectivity index (χ4v) is 2.05. The van der Waals surface area contributed by atoms with Crippen molar-refractivity contribution in [2.24, 2.45) is 11.5 Å². The number of aryl methyl sites for hydroxylation is 2. The van der Waals surface area contributed by atoms with E-state index in [0.29, 0.717) is 11.1 Å². The lowest BCUT2D eigenvalue weighted by Crippen LogP contribution is -3.00. The Morgan fingerprint density at radius 2 is 1.21 bits per heavy atom. The van der Waals surface area contributed by atoms with Gasteiger partial charge in [0.15, 0.2) is 37.9 Å². The van der Waals surface area contributed by atoms with Crippen LogP contribution in [0.5, 0.6) is 0 Å². The summed E-state index contributed by atoms with van der Waals surface area (Å²) in [4.78, 5) is 22.2. The number of halogens is 2. The molecular formula is C15H20Br2N4O3. The van der Waals surface area contributed by atoms with Crippen LogP contribution in [0.1, 0.15) is 27.1 Å². The van der Waals surface area contributed by atoms with Crippen molar-refractivity contribution < 1.29 is 58.2 Å². The zero-order valence-corrected chi connectivity index (χ0v) is 16.0. The SMILES string of the molecule is NC(=O)c1ccc[n+](CCC[n+]2cccc(C(N)=O)c2)c1.O.[Br-].[Br-]. The van der Waals surface area contributed by atoms with Crippen molar-refractivity contribution in [1.29, 1.82) is 0 Å². The monoisotopic (exact) mass is 462 g/mol. The fourth-order valence-electron chi connectivity index (χ4n) is 2.05. The number of hydrogen-bond donors (Lipinski definition) is 2. The van der Waals surface area contributed by atoms with Crippen LogP contribution in [0.15, 0.2) is 49.1 Å². The van der Waals surface area contributed by atoms with Gasteiger partial charge < -0.3 is 50.9 Å². The van der Waals surface area contributed by atoms with Gasteiger partial charge in [-0.15, -0.1) is 0 Å². The number of carbonyl (C=O) groups excluding carboxylic acids is 2. The molecule has 0 aliphatic carbocycles. The molecule has 0 aliphatic heterocycles. The largest absolute Gasteiger partial charge is 1.00 e. The van der Waals surface area contributed by atoms with Crippen molar-refractivity contribution in [1.82, 2.24) is 0 Å². The van der Waals surface area contributed by atoms with Gasteiger partial charge in [0.05, 0.1) is 6.42 Å². The van der Waals surface area contributed by atoms with Crippen LogP contribution in [0.25, 0.3) is 0 Å². The molecule has 0 spiro atoms. The lowest BCUT2D eigenvalue weighted by atomic mass is 10.2. The van der Waals surface area contributed by atoms with Crippen LogP contribution in [-0.4, -0.2) is 17.3 Å². The Bertz CT molecular complexity index is 626. The lowest BCUT2D eigenvalue weighted by molar-refractivity contribution is -0.727. The molecule has 2 heterocycles. The van der Waals surface area contributed by atoms with Gasteiger partial charge in [0.1, 0.15) is 11.1 Å². The highest BCUT2D eigenvalue weighted by Crippen LogP contribution is 1.94. The van der Waals surface area contributed by atoms with E-state index in [2.05, 4.69) is 0 Å². The quantitative estimate of drug-likeness (QED) is 0.413. The summed E-state index contributed by atoms with van der Waals surface area (Å²) in [7, 11) is 0. The van der Waals surface area contributed by atoms with E-state index in [1.165, 1.54) is 0 Å². The molecule has 7 nitrogen and oxygen atoms in total. The Morgan fingerprint density at radius 3 is 1.54 bits per heavy atom. The van der Waals surface area contributed by atoms with Gasteiger partial charge in [-0.2, -0.15) is 0 Å². The molecule has 9 heteroatoms. The number of pyridine rings is 2. The van der Waals surface area contributed by atoms with Crippen LogP contribution >= 0.6 is 0 Å². The Hall–Kier alpha value is -1.84. The molecule has 24 heavy (non-hydrogen) atoms. The van der Waals surface area contributed by atoms with Gasteiger partial charge in [0.25, 0.3) is 11.8 Å². The fraction of sp³-hybridized carbons (Fsp3) is 0.200. The molecule has 0 aromatic carbocycles.